The molecule has 0 bridgehead atoms. The van der Waals surface area contributed by atoms with Crippen molar-refractivity contribution < 1.29 is 0 Å². The fourth-order valence-corrected chi connectivity index (χ4v) is 7.88. The first-order valence-electron chi connectivity index (χ1n) is 2.09. The van der Waals surface area contributed by atoms with Crippen molar-refractivity contribution in [1.82, 2.24) is 0 Å². The van der Waals surface area contributed by atoms with Crippen molar-refractivity contribution in [2.45, 2.75) is 17.9 Å². The summed E-state index contributed by atoms with van der Waals surface area (Å²) < 4.78 is 0.834. The van der Waals surface area contributed by atoms with E-state index in [9.17, 15) is 0 Å². The van der Waals surface area contributed by atoms with Crippen LogP contribution in [0.15, 0.2) is 0 Å². The molecule has 0 unspecified atom stereocenters. The predicted molar refractivity (Wildman–Crippen MR) is 44.0 cm³/mol. The zero-order valence-corrected chi connectivity index (χ0v) is 7.18. The summed E-state index contributed by atoms with van der Waals surface area (Å²) in [5.41, 5.74) is 0. The highest BCUT2D eigenvalue weighted by molar-refractivity contribution is 9.20. The van der Waals surface area contributed by atoms with Gasteiger partial charge in [-0.25, -0.2) is 0 Å². The Kier molecular flexibility index (Phi) is 2.47. The lowest BCUT2D eigenvalue weighted by atomic mass is 10.6. The first-order chi connectivity index (χ1) is 3.33. The average Bonchev–Trinajstić information content (AvgIpc) is 1.58. The minimum atomic E-state index is 0.245. The van der Waals surface area contributed by atoms with E-state index in [1.54, 1.807) is 0 Å². The molecule has 0 aromatic rings. The van der Waals surface area contributed by atoms with Crippen LogP contribution >= 0.6 is 21.6 Å². The molecule has 1 heterocycles. The standard InChI is InChI=1S/C3H6S4/c1-2-3-5-7(4)6-3/h3H,2H2,1H3. The highest BCUT2D eigenvalue weighted by Crippen LogP contribution is 2.47. The summed E-state index contributed by atoms with van der Waals surface area (Å²) in [6.07, 6.45) is 1.27. The van der Waals surface area contributed by atoms with E-state index in [0.717, 1.165) is 4.58 Å². The molecule has 0 nitrogen and oxygen atoms in total. The van der Waals surface area contributed by atoms with Gasteiger partial charge >= 0.3 is 0 Å². The Morgan fingerprint density at radius 2 is 2.29 bits per heavy atom. The topological polar surface area (TPSA) is 0 Å². The van der Waals surface area contributed by atoms with Gasteiger partial charge in [0.15, 0.2) is 0 Å². The minimum absolute atomic E-state index is 0.245. The van der Waals surface area contributed by atoms with Gasteiger partial charge < -0.3 is 0 Å². The maximum atomic E-state index is 4.96. The van der Waals surface area contributed by atoms with E-state index >= 15 is 0 Å². The number of hydrogen-bond donors (Lipinski definition) is 0. The number of hydrogen-bond acceptors (Lipinski definition) is 3. The zero-order chi connectivity index (χ0) is 5.28. The third kappa shape index (κ3) is 1.59. The second kappa shape index (κ2) is 2.71. The SMILES string of the molecule is CCC1SS(=S)S1. The Balaban J connectivity index is 2.17. The molecule has 1 rings (SSSR count). The highest BCUT2D eigenvalue weighted by Gasteiger charge is 2.21. The molecule has 0 N–H and O–H groups in total. The Morgan fingerprint density at radius 1 is 1.71 bits per heavy atom. The van der Waals surface area contributed by atoms with Gasteiger partial charge in [-0.2, -0.15) is 0 Å². The van der Waals surface area contributed by atoms with Crippen molar-refractivity contribution in [3.8, 4) is 0 Å². The quantitative estimate of drug-likeness (QED) is 0.553. The molecule has 0 spiro atoms. The molecule has 1 aliphatic rings. The molecule has 7 heavy (non-hydrogen) atoms. The van der Waals surface area contributed by atoms with E-state index in [1.165, 1.54) is 6.42 Å². The summed E-state index contributed by atoms with van der Waals surface area (Å²) in [6.45, 7) is 2.20. The van der Waals surface area contributed by atoms with Gasteiger partial charge in [0.2, 0.25) is 0 Å². The van der Waals surface area contributed by atoms with E-state index in [0.29, 0.717) is 0 Å². The molecule has 0 saturated carbocycles. The van der Waals surface area contributed by atoms with Crippen LogP contribution in [0.1, 0.15) is 13.3 Å². The van der Waals surface area contributed by atoms with E-state index < -0.39 is 0 Å². The van der Waals surface area contributed by atoms with Gasteiger partial charge in [-0.15, -0.1) is 0 Å². The fraction of sp³-hybridized carbons (Fsp3) is 1.00. The Morgan fingerprint density at radius 3 is 2.43 bits per heavy atom. The van der Waals surface area contributed by atoms with Crippen LogP contribution in [0.2, 0.25) is 0 Å². The van der Waals surface area contributed by atoms with Crippen LogP contribution in [0.25, 0.3) is 0 Å². The lowest BCUT2D eigenvalue weighted by molar-refractivity contribution is 1.06. The van der Waals surface area contributed by atoms with Crippen molar-refractivity contribution in [3.05, 3.63) is 0 Å². The molecule has 1 fully saturated rings. The van der Waals surface area contributed by atoms with Crippen molar-refractivity contribution >= 4 is 40.3 Å². The lowest BCUT2D eigenvalue weighted by Crippen LogP contribution is -2.04. The van der Waals surface area contributed by atoms with Gasteiger partial charge in [0.05, 0.1) is 4.58 Å². The summed E-state index contributed by atoms with van der Waals surface area (Å²) in [5, 5.41) is 0. The molecule has 1 aliphatic heterocycles. The van der Waals surface area contributed by atoms with Gasteiger partial charge in [-0.1, -0.05) is 28.5 Å². The van der Waals surface area contributed by atoms with Crippen LogP contribution in [-0.4, -0.2) is 4.58 Å². The predicted octanol–water partition coefficient (Wildman–Crippen LogP) is 2.11. The van der Waals surface area contributed by atoms with Crippen molar-refractivity contribution in [2.24, 2.45) is 0 Å². The summed E-state index contributed by atoms with van der Waals surface area (Å²) in [7, 11) is 4.11. The highest BCUT2D eigenvalue weighted by atomic mass is 33.7. The second-order valence-electron chi connectivity index (χ2n) is 1.23. The molecular formula is C3H6S4. The molecule has 0 aromatic heterocycles. The van der Waals surface area contributed by atoms with Gasteiger partial charge in [0.25, 0.3) is 0 Å². The first-order valence-corrected chi connectivity index (χ1v) is 7.03. The normalized spacial score (nSPS) is 40.1. The molecular weight excluding hydrogens is 164 g/mol. The van der Waals surface area contributed by atoms with Crippen LogP contribution in [0, 0.1) is 0 Å². The molecule has 4 heteroatoms. The van der Waals surface area contributed by atoms with Crippen molar-refractivity contribution in [2.75, 3.05) is 0 Å². The monoisotopic (exact) mass is 170 g/mol. The minimum Gasteiger partial charge on any atom is -0.0636 e. The van der Waals surface area contributed by atoms with Gasteiger partial charge in [-0.3, -0.25) is 0 Å². The third-order valence-corrected chi connectivity index (χ3v) is 8.59. The molecule has 0 aromatic carbocycles. The largest absolute Gasteiger partial charge is 0.0728 e. The molecule has 0 amide bonds. The summed E-state index contributed by atoms with van der Waals surface area (Å²) in [6, 6.07) is 0. The molecule has 1 saturated heterocycles. The van der Waals surface area contributed by atoms with Gasteiger partial charge in [0.1, 0.15) is 0 Å². The van der Waals surface area contributed by atoms with Gasteiger partial charge in [0, 0.05) is 0 Å². The van der Waals surface area contributed by atoms with E-state index in [4.69, 9.17) is 11.2 Å². The Hall–Kier alpha value is 1.27. The Bertz CT molecular complexity index is 80.9. The second-order valence-corrected chi connectivity index (χ2v) is 9.52. The van der Waals surface area contributed by atoms with E-state index in [1.807, 2.05) is 21.6 Å². The summed E-state index contributed by atoms with van der Waals surface area (Å²) in [4.78, 5) is 0. The molecule has 0 atom stereocenters. The first kappa shape index (κ1) is 6.39. The fourth-order valence-electron chi connectivity index (χ4n) is 0.319. The van der Waals surface area contributed by atoms with Crippen LogP contribution in [0.3, 0.4) is 0 Å². The summed E-state index contributed by atoms with van der Waals surface area (Å²) in [5.74, 6) is 0. The van der Waals surface area contributed by atoms with Crippen LogP contribution in [0.4, 0.5) is 0 Å². The number of rotatable bonds is 1. The van der Waals surface area contributed by atoms with Gasteiger partial charge in [-0.05, 0) is 25.1 Å². The third-order valence-electron chi connectivity index (χ3n) is 0.705. The van der Waals surface area contributed by atoms with Crippen LogP contribution < -0.4 is 0 Å². The van der Waals surface area contributed by atoms with Crippen molar-refractivity contribution in [3.63, 3.8) is 0 Å². The van der Waals surface area contributed by atoms with Crippen LogP contribution in [-0.2, 0) is 18.7 Å². The zero-order valence-electron chi connectivity index (χ0n) is 3.92. The smallest absolute Gasteiger partial charge is 0.0636 e. The van der Waals surface area contributed by atoms with E-state index in [2.05, 4.69) is 6.92 Å². The van der Waals surface area contributed by atoms with Crippen molar-refractivity contribution in [1.29, 1.82) is 0 Å². The Labute approximate surface area is 58.2 Å². The summed E-state index contributed by atoms with van der Waals surface area (Å²) >= 11 is 4.96. The molecule has 0 radical (unpaired) electrons. The lowest BCUT2D eigenvalue weighted by Gasteiger charge is -2.23. The molecule has 42 valence electrons. The molecule has 0 aliphatic carbocycles. The maximum absolute atomic E-state index is 4.96. The van der Waals surface area contributed by atoms with E-state index in [-0.39, 0.29) is 7.52 Å². The van der Waals surface area contributed by atoms with Crippen LogP contribution in [0.5, 0.6) is 0 Å². The average molecular weight is 170 g/mol. The maximum Gasteiger partial charge on any atom is 0.0728 e.